The number of para-hydroxylation sites is 1. The second-order valence-corrected chi connectivity index (χ2v) is 4.85. The Balaban J connectivity index is 1.95. The number of hydrogen-bond donors (Lipinski definition) is 2. The quantitative estimate of drug-likeness (QED) is 0.573. The number of rotatable bonds is 3. The van der Waals surface area contributed by atoms with Crippen molar-refractivity contribution in [1.29, 1.82) is 0 Å². The number of nitro groups is 1. The van der Waals surface area contributed by atoms with Crippen LogP contribution < -0.4 is 5.32 Å². The van der Waals surface area contributed by atoms with Crippen molar-refractivity contribution in [1.82, 2.24) is 9.97 Å². The van der Waals surface area contributed by atoms with E-state index < -0.39 is 10.8 Å². The fourth-order valence-electron chi connectivity index (χ4n) is 2.20. The molecule has 0 spiro atoms. The van der Waals surface area contributed by atoms with Crippen LogP contribution in [0.3, 0.4) is 0 Å². The van der Waals surface area contributed by atoms with E-state index in [9.17, 15) is 14.9 Å². The summed E-state index contributed by atoms with van der Waals surface area (Å²) in [4.78, 5) is 29.6. The van der Waals surface area contributed by atoms with Crippen LogP contribution in [0, 0.1) is 17.0 Å². The fraction of sp³-hybridized carbons (Fsp3) is 0.0667. The first-order valence-corrected chi connectivity index (χ1v) is 6.55. The predicted molar refractivity (Wildman–Crippen MR) is 81.9 cm³/mol. The molecule has 3 aromatic rings. The molecule has 0 aliphatic heterocycles. The Morgan fingerprint density at radius 3 is 2.86 bits per heavy atom. The van der Waals surface area contributed by atoms with Crippen LogP contribution in [0.25, 0.3) is 10.9 Å². The van der Waals surface area contributed by atoms with Gasteiger partial charge < -0.3 is 10.3 Å². The van der Waals surface area contributed by atoms with Crippen molar-refractivity contribution in [3.8, 4) is 0 Å². The minimum absolute atomic E-state index is 0.0646. The van der Waals surface area contributed by atoms with Crippen LogP contribution in [0.5, 0.6) is 0 Å². The van der Waals surface area contributed by atoms with Gasteiger partial charge in [0, 0.05) is 17.6 Å². The number of benzene rings is 1. The Hall–Kier alpha value is -3.22. The number of amides is 1. The molecule has 110 valence electrons. The third-order valence-electron chi connectivity index (χ3n) is 3.23. The van der Waals surface area contributed by atoms with Gasteiger partial charge in [0.25, 0.3) is 11.6 Å². The van der Waals surface area contributed by atoms with Crippen LogP contribution in [0.4, 0.5) is 11.5 Å². The first-order valence-electron chi connectivity index (χ1n) is 6.55. The van der Waals surface area contributed by atoms with Gasteiger partial charge in [-0.25, -0.2) is 4.98 Å². The maximum absolute atomic E-state index is 12.2. The van der Waals surface area contributed by atoms with E-state index in [-0.39, 0.29) is 11.4 Å². The molecule has 0 aliphatic carbocycles. The molecule has 1 aromatic carbocycles. The topological polar surface area (TPSA) is 101 Å². The third kappa shape index (κ3) is 2.51. The molecule has 1 amide bonds. The molecule has 3 rings (SSSR count). The van der Waals surface area contributed by atoms with Gasteiger partial charge in [-0.05, 0) is 30.7 Å². The average Bonchev–Trinajstić information content (AvgIpc) is 2.91. The van der Waals surface area contributed by atoms with Crippen LogP contribution in [-0.4, -0.2) is 20.8 Å². The molecule has 0 radical (unpaired) electrons. The van der Waals surface area contributed by atoms with Crippen LogP contribution in [-0.2, 0) is 0 Å². The second kappa shape index (κ2) is 5.28. The molecule has 2 aromatic heterocycles. The average molecular weight is 296 g/mol. The number of non-ortho nitro benzene ring substituents is 1. The van der Waals surface area contributed by atoms with Crippen LogP contribution >= 0.6 is 0 Å². The van der Waals surface area contributed by atoms with Crippen molar-refractivity contribution < 1.29 is 9.72 Å². The minimum Gasteiger partial charge on any atom is -0.345 e. The van der Waals surface area contributed by atoms with Gasteiger partial charge in [0.2, 0.25) is 0 Å². The lowest BCUT2D eigenvalue weighted by atomic mass is 10.2. The molecule has 0 fully saturated rings. The highest BCUT2D eigenvalue weighted by Gasteiger charge is 2.17. The van der Waals surface area contributed by atoms with Gasteiger partial charge in [0.15, 0.2) is 0 Å². The summed E-state index contributed by atoms with van der Waals surface area (Å²) in [7, 11) is 0. The number of hydrogen-bond acceptors (Lipinski definition) is 4. The molecule has 22 heavy (non-hydrogen) atoms. The number of nitrogens with one attached hydrogen (secondary N) is 2. The summed E-state index contributed by atoms with van der Waals surface area (Å²) in [6.07, 6.45) is 1.60. The Kier molecular flexibility index (Phi) is 3.30. The Morgan fingerprint density at radius 2 is 2.14 bits per heavy atom. The lowest BCUT2D eigenvalue weighted by molar-refractivity contribution is -0.383. The van der Waals surface area contributed by atoms with Crippen molar-refractivity contribution in [3.05, 3.63) is 64.0 Å². The van der Waals surface area contributed by atoms with Crippen LogP contribution in [0.15, 0.2) is 42.6 Å². The summed E-state index contributed by atoms with van der Waals surface area (Å²) < 4.78 is 0. The number of anilines is 1. The number of carbonyl (C=O) groups is 1. The van der Waals surface area contributed by atoms with Crippen molar-refractivity contribution in [2.45, 2.75) is 6.92 Å². The van der Waals surface area contributed by atoms with Crippen LogP contribution in [0.1, 0.15) is 16.1 Å². The normalized spacial score (nSPS) is 10.6. The lowest BCUT2D eigenvalue weighted by Crippen LogP contribution is -2.13. The van der Waals surface area contributed by atoms with Gasteiger partial charge in [0.1, 0.15) is 17.0 Å². The number of H-pyrrole nitrogens is 1. The molecule has 0 saturated carbocycles. The molecular weight excluding hydrogens is 284 g/mol. The summed E-state index contributed by atoms with van der Waals surface area (Å²) in [6, 6.07) is 9.82. The highest BCUT2D eigenvalue weighted by atomic mass is 16.6. The van der Waals surface area contributed by atoms with E-state index in [0.29, 0.717) is 16.7 Å². The van der Waals surface area contributed by atoms with Gasteiger partial charge >= 0.3 is 0 Å². The molecule has 7 nitrogen and oxygen atoms in total. The van der Waals surface area contributed by atoms with Crippen molar-refractivity contribution >= 4 is 28.3 Å². The highest BCUT2D eigenvalue weighted by Crippen LogP contribution is 2.25. The SMILES string of the molecule is Cc1ccnc(NC(=O)c2cc3cccc([N+](=O)[O-])c3[nH]2)c1. The van der Waals surface area contributed by atoms with Crippen molar-refractivity contribution in [2.75, 3.05) is 5.32 Å². The Morgan fingerprint density at radius 1 is 1.32 bits per heavy atom. The summed E-state index contributed by atoms with van der Waals surface area (Å²) in [5, 5.41) is 14.3. The molecule has 7 heteroatoms. The van der Waals surface area contributed by atoms with E-state index in [4.69, 9.17) is 0 Å². The zero-order valence-corrected chi connectivity index (χ0v) is 11.7. The number of nitro benzene ring substituents is 1. The van der Waals surface area contributed by atoms with E-state index >= 15 is 0 Å². The molecule has 0 saturated heterocycles. The zero-order chi connectivity index (χ0) is 15.7. The molecular formula is C15H12N4O3. The highest BCUT2D eigenvalue weighted by molar-refractivity contribution is 6.06. The number of aromatic nitrogens is 2. The van der Waals surface area contributed by atoms with E-state index in [2.05, 4.69) is 15.3 Å². The van der Waals surface area contributed by atoms with E-state index in [1.165, 1.54) is 6.07 Å². The third-order valence-corrected chi connectivity index (χ3v) is 3.23. The first-order chi connectivity index (χ1) is 10.5. The maximum Gasteiger partial charge on any atom is 0.293 e. The fourth-order valence-corrected chi connectivity index (χ4v) is 2.20. The van der Waals surface area contributed by atoms with E-state index in [1.807, 2.05) is 13.0 Å². The zero-order valence-electron chi connectivity index (χ0n) is 11.7. The molecule has 0 atom stereocenters. The van der Waals surface area contributed by atoms with Crippen molar-refractivity contribution in [2.24, 2.45) is 0 Å². The summed E-state index contributed by atoms with van der Waals surface area (Å²) in [5.74, 6) is 0.0294. The Labute approximate surface area is 125 Å². The van der Waals surface area contributed by atoms with Gasteiger partial charge in [-0.1, -0.05) is 12.1 Å². The van der Waals surface area contributed by atoms with Gasteiger partial charge in [-0.2, -0.15) is 0 Å². The number of nitrogens with zero attached hydrogens (tertiary/aromatic N) is 2. The number of aromatic amines is 1. The Bertz CT molecular complexity index is 885. The standard InChI is InChI=1S/C15H12N4O3/c1-9-5-6-16-13(7-9)18-15(20)11-8-10-3-2-4-12(19(21)22)14(10)17-11/h2-8,17H,1H3,(H,16,18,20). The van der Waals surface area contributed by atoms with E-state index in [0.717, 1.165) is 5.56 Å². The van der Waals surface area contributed by atoms with Crippen molar-refractivity contribution in [3.63, 3.8) is 0 Å². The summed E-state index contributed by atoms with van der Waals surface area (Å²) >= 11 is 0. The monoisotopic (exact) mass is 296 g/mol. The van der Waals surface area contributed by atoms with Gasteiger partial charge in [-0.3, -0.25) is 14.9 Å². The molecule has 0 aliphatic rings. The number of aryl methyl sites for hydroxylation is 1. The smallest absolute Gasteiger partial charge is 0.293 e. The maximum atomic E-state index is 12.2. The van der Waals surface area contributed by atoms with Crippen LogP contribution in [0.2, 0.25) is 0 Å². The van der Waals surface area contributed by atoms with Gasteiger partial charge in [-0.15, -0.1) is 0 Å². The lowest BCUT2D eigenvalue weighted by Gasteiger charge is -2.03. The summed E-state index contributed by atoms with van der Waals surface area (Å²) in [5.41, 5.74) is 1.48. The largest absolute Gasteiger partial charge is 0.345 e. The van der Waals surface area contributed by atoms with E-state index in [1.54, 1.807) is 30.5 Å². The number of pyridine rings is 1. The number of fused-ring (bicyclic) bond motifs is 1. The summed E-state index contributed by atoms with van der Waals surface area (Å²) in [6.45, 7) is 1.89. The van der Waals surface area contributed by atoms with Gasteiger partial charge in [0.05, 0.1) is 4.92 Å². The predicted octanol–water partition coefficient (Wildman–Crippen LogP) is 3.03. The second-order valence-electron chi connectivity index (χ2n) is 4.85. The molecule has 2 heterocycles. The molecule has 0 unspecified atom stereocenters. The number of carbonyl (C=O) groups excluding carboxylic acids is 1. The first kappa shape index (κ1) is 13.7. The molecule has 0 bridgehead atoms. The molecule has 2 N–H and O–H groups in total. The minimum atomic E-state index is -0.484.